The molecule has 0 aliphatic heterocycles. The van der Waals surface area contributed by atoms with Crippen molar-refractivity contribution in [2.45, 2.75) is 0 Å². The van der Waals surface area contributed by atoms with Crippen molar-refractivity contribution in [3.05, 3.63) is 106 Å². The van der Waals surface area contributed by atoms with Gasteiger partial charge in [0.05, 0.1) is 12.8 Å². The molecule has 1 aromatic heterocycles. The summed E-state index contributed by atoms with van der Waals surface area (Å²) in [4.78, 5) is 17.6. The molecule has 162 valence electrons. The number of ketones is 1. The summed E-state index contributed by atoms with van der Waals surface area (Å²) in [6, 6.07) is 23.7. The molecule has 0 unspecified atom stereocenters. The highest BCUT2D eigenvalue weighted by Gasteiger charge is 2.15. The van der Waals surface area contributed by atoms with Crippen LogP contribution in [0.5, 0.6) is 5.75 Å². The van der Waals surface area contributed by atoms with Crippen LogP contribution in [0.2, 0.25) is 5.02 Å². The number of nitrogens with one attached hydrogen (secondary N) is 1. The second-order valence-electron chi connectivity index (χ2n) is 6.97. The lowest BCUT2D eigenvalue weighted by Gasteiger charge is -2.10. The first-order valence-electron chi connectivity index (χ1n) is 9.95. The SMILES string of the molecule is COc1ccc(-c2csc(/C(C#N)=C/Nc3ccc(Cl)cc3C(=O)c3ccccc3)n2)cc1. The predicted molar refractivity (Wildman–Crippen MR) is 133 cm³/mol. The van der Waals surface area contributed by atoms with Gasteiger partial charge in [-0.3, -0.25) is 4.79 Å². The molecule has 0 bridgehead atoms. The van der Waals surface area contributed by atoms with Crippen LogP contribution in [0.4, 0.5) is 5.69 Å². The molecule has 1 N–H and O–H groups in total. The highest BCUT2D eigenvalue weighted by atomic mass is 35.5. The van der Waals surface area contributed by atoms with Gasteiger partial charge in [-0.25, -0.2) is 4.98 Å². The van der Waals surface area contributed by atoms with Crippen molar-refractivity contribution < 1.29 is 9.53 Å². The molecular formula is C26H18ClN3O2S. The van der Waals surface area contributed by atoms with Gasteiger partial charge in [0, 0.05) is 39.0 Å². The van der Waals surface area contributed by atoms with Crippen LogP contribution in [-0.4, -0.2) is 17.9 Å². The number of hydrogen-bond acceptors (Lipinski definition) is 6. The smallest absolute Gasteiger partial charge is 0.195 e. The first-order chi connectivity index (χ1) is 16.1. The molecule has 0 radical (unpaired) electrons. The fraction of sp³-hybridized carbons (Fsp3) is 0.0385. The molecule has 0 saturated heterocycles. The van der Waals surface area contributed by atoms with E-state index in [2.05, 4.69) is 16.4 Å². The van der Waals surface area contributed by atoms with E-state index in [9.17, 15) is 10.1 Å². The van der Waals surface area contributed by atoms with Crippen LogP contribution < -0.4 is 10.1 Å². The summed E-state index contributed by atoms with van der Waals surface area (Å²) in [6.07, 6.45) is 1.56. The molecule has 1 heterocycles. The summed E-state index contributed by atoms with van der Waals surface area (Å²) in [5.41, 5.74) is 3.57. The van der Waals surface area contributed by atoms with Crippen LogP contribution in [0.25, 0.3) is 16.8 Å². The van der Waals surface area contributed by atoms with Gasteiger partial charge in [0.1, 0.15) is 22.4 Å². The second-order valence-corrected chi connectivity index (χ2v) is 8.26. The van der Waals surface area contributed by atoms with Crippen molar-refractivity contribution in [2.75, 3.05) is 12.4 Å². The molecule has 0 saturated carbocycles. The van der Waals surface area contributed by atoms with Gasteiger partial charge >= 0.3 is 0 Å². The number of nitriles is 1. The fourth-order valence-corrected chi connectivity index (χ4v) is 4.13. The Labute approximate surface area is 200 Å². The summed E-state index contributed by atoms with van der Waals surface area (Å²) in [5, 5.41) is 15.7. The number of anilines is 1. The monoisotopic (exact) mass is 471 g/mol. The quantitative estimate of drug-likeness (QED) is 0.240. The van der Waals surface area contributed by atoms with E-state index < -0.39 is 0 Å². The van der Waals surface area contributed by atoms with Crippen LogP contribution in [0.3, 0.4) is 0 Å². The van der Waals surface area contributed by atoms with Gasteiger partial charge in [-0.15, -0.1) is 11.3 Å². The average Bonchev–Trinajstić information content (AvgIpc) is 3.35. The summed E-state index contributed by atoms with van der Waals surface area (Å²) >= 11 is 7.52. The molecule has 33 heavy (non-hydrogen) atoms. The molecule has 0 atom stereocenters. The van der Waals surface area contributed by atoms with E-state index in [1.807, 2.05) is 35.7 Å². The molecule has 0 spiro atoms. The van der Waals surface area contributed by atoms with E-state index in [0.717, 1.165) is 17.0 Å². The zero-order chi connectivity index (χ0) is 23.2. The maximum Gasteiger partial charge on any atom is 0.195 e. The third kappa shape index (κ3) is 5.12. The third-order valence-electron chi connectivity index (χ3n) is 4.88. The first kappa shape index (κ1) is 22.3. The van der Waals surface area contributed by atoms with E-state index in [1.165, 1.54) is 11.3 Å². The van der Waals surface area contributed by atoms with Gasteiger partial charge in [0.25, 0.3) is 0 Å². The minimum atomic E-state index is -0.163. The van der Waals surface area contributed by atoms with Crippen LogP contribution >= 0.6 is 22.9 Å². The Hall–Kier alpha value is -3.92. The number of carbonyl (C=O) groups is 1. The first-order valence-corrected chi connectivity index (χ1v) is 11.2. The highest BCUT2D eigenvalue weighted by molar-refractivity contribution is 7.11. The summed E-state index contributed by atoms with van der Waals surface area (Å²) in [7, 11) is 1.62. The molecule has 0 fully saturated rings. The number of aromatic nitrogens is 1. The molecule has 4 aromatic rings. The van der Waals surface area contributed by atoms with Crippen molar-refractivity contribution in [1.82, 2.24) is 4.98 Å². The van der Waals surface area contributed by atoms with Gasteiger partial charge in [0.15, 0.2) is 5.78 Å². The molecule has 0 aliphatic rings. The number of carbonyl (C=O) groups excluding carboxylic acids is 1. The van der Waals surface area contributed by atoms with Crippen LogP contribution in [0.15, 0.2) is 84.4 Å². The number of ether oxygens (including phenoxy) is 1. The summed E-state index contributed by atoms with van der Waals surface area (Å²) in [5.74, 6) is 0.600. The minimum absolute atomic E-state index is 0.163. The highest BCUT2D eigenvalue weighted by Crippen LogP contribution is 2.28. The molecule has 0 amide bonds. The van der Waals surface area contributed by atoms with Crippen LogP contribution in [0, 0.1) is 11.3 Å². The molecule has 3 aromatic carbocycles. The Bertz CT molecular complexity index is 1360. The Morgan fingerprint density at radius 3 is 2.58 bits per heavy atom. The largest absolute Gasteiger partial charge is 0.497 e. The average molecular weight is 472 g/mol. The number of rotatable bonds is 7. The number of hydrogen-bond donors (Lipinski definition) is 1. The lowest BCUT2D eigenvalue weighted by Crippen LogP contribution is -2.05. The molecule has 4 rings (SSSR count). The Morgan fingerprint density at radius 1 is 1.12 bits per heavy atom. The van der Waals surface area contributed by atoms with Crippen molar-refractivity contribution >= 4 is 40.0 Å². The Balaban J connectivity index is 1.60. The topological polar surface area (TPSA) is 75.0 Å². The zero-order valence-electron chi connectivity index (χ0n) is 17.6. The van der Waals surface area contributed by atoms with Crippen LogP contribution in [-0.2, 0) is 0 Å². The summed E-state index contributed by atoms with van der Waals surface area (Å²) in [6.45, 7) is 0. The maximum absolute atomic E-state index is 13.0. The summed E-state index contributed by atoms with van der Waals surface area (Å²) < 4.78 is 5.19. The predicted octanol–water partition coefficient (Wildman–Crippen LogP) is 6.68. The zero-order valence-corrected chi connectivity index (χ0v) is 19.2. The number of benzene rings is 3. The van der Waals surface area contributed by atoms with Gasteiger partial charge in [-0.05, 0) is 42.5 Å². The Kier molecular flexibility index (Phi) is 6.84. The van der Waals surface area contributed by atoms with E-state index in [4.69, 9.17) is 16.3 Å². The van der Waals surface area contributed by atoms with E-state index in [0.29, 0.717) is 32.4 Å². The molecule has 7 heteroatoms. The minimum Gasteiger partial charge on any atom is -0.497 e. The van der Waals surface area contributed by atoms with Gasteiger partial charge in [0.2, 0.25) is 0 Å². The normalized spacial score (nSPS) is 11.0. The van der Waals surface area contributed by atoms with E-state index in [-0.39, 0.29) is 5.78 Å². The second kappa shape index (κ2) is 10.1. The third-order valence-corrected chi connectivity index (χ3v) is 5.99. The van der Waals surface area contributed by atoms with Crippen LogP contribution in [0.1, 0.15) is 20.9 Å². The van der Waals surface area contributed by atoms with E-state index in [1.54, 1.807) is 55.8 Å². The van der Waals surface area contributed by atoms with Crippen molar-refractivity contribution in [3.63, 3.8) is 0 Å². The Morgan fingerprint density at radius 2 is 1.88 bits per heavy atom. The van der Waals surface area contributed by atoms with Crippen molar-refractivity contribution in [1.29, 1.82) is 5.26 Å². The van der Waals surface area contributed by atoms with E-state index >= 15 is 0 Å². The van der Waals surface area contributed by atoms with Gasteiger partial charge in [-0.2, -0.15) is 5.26 Å². The molecule has 5 nitrogen and oxygen atoms in total. The number of nitrogens with zero attached hydrogens (tertiary/aromatic N) is 2. The number of methoxy groups -OCH3 is 1. The lowest BCUT2D eigenvalue weighted by molar-refractivity contribution is 0.103. The lowest BCUT2D eigenvalue weighted by atomic mass is 10.0. The number of thiazole rings is 1. The fourth-order valence-electron chi connectivity index (χ4n) is 3.16. The maximum atomic E-state index is 13.0. The number of allylic oxidation sites excluding steroid dienone is 1. The van der Waals surface area contributed by atoms with Gasteiger partial charge < -0.3 is 10.1 Å². The standard InChI is InChI=1S/C26H18ClN3O2S/c1-32-21-10-7-17(8-11-21)24-16-33-26(30-24)19(14-28)15-29-23-12-9-20(27)13-22(23)25(31)18-5-3-2-4-6-18/h2-13,15-16,29H,1H3/b19-15+. The molecular weight excluding hydrogens is 454 g/mol. The number of halogens is 1. The van der Waals surface area contributed by atoms with Crippen molar-refractivity contribution in [3.8, 4) is 23.1 Å². The molecule has 0 aliphatic carbocycles. The van der Waals surface area contributed by atoms with Crippen molar-refractivity contribution in [2.24, 2.45) is 0 Å². The van der Waals surface area contributed by atoms with Gasteiger partial charge in [-0.1, -0.05) is 41.9 Å².